The number of hydrogen-bond donors (Lipinski definition) is 3. The maximum atomic E-state index is 12.6. The number of hydrogen-bond acceptors (Lipinski definition) is 6. The molecule has 9 nitrogen and oxygen atoms in total. The van der Waals surface area contributed by atoms with E-state index in [2.05, 4.69) is 10.6 Å². The zero-order chi connectivity index (χ0) is 23.2. The van der Waals surface area contributed by atoms with Crippen molar-refractivity contribution in [2.24, 2.45) is 0 Å². The van der Waals surface area contributed by atoms with Crippen LogP contribution in [0.2, 0.25) is 10.0 Å². The minimum Gasteiger partial charge on any atom is -0.454 e. The lowest BCUT2D eigenvalue weighted by Gasteiger charge is -2.15. The van der Waals surface area contributed by atoms with E-state index in [1.54, 1.807) is 24.3 Å². The van der Waals surface area contributed by atoms with Crippen molar-refractivity contribution in [1.82, 2.24) is 9.88 Å². The van der Waals surface area contributed by atoms with E-state index in [1.165, 1.54) is 19.1 Å². The number of anilines is 2. The molecule has 2 heterocycles. The zero-order valence-corrected chi connectivity index (χ0v) is 17.9. The van der Waals surface area contributed by atoms with Crippen molar-refractivity contribution in [2.75, 3.05) is 11.1 Å². The Labute approximate surface area is 190 Å². The van der Waals surface area contributed by atoms with Crippen LogP contribution in [-0.4, -0.2) is 22.3 Å². The number of pyridine rings is 1. The second-order valence-corrected chi connectivity index (χ2v) is 7.64. The number of benzene rings is 2. The molecule has 0 unspecified atom stereocenters. The number of amides is 3. The fraction of sp³-hybridized carbons (Fsp3) is 0.0476. The zero-order valence-electron chi connectivity index (χ0n) is 16.4. The van der Waals surface area contributed by atoms with E-state index < -0.39 is 17.4 Å². The van der Waals surface area contributed by atoms with Crippen LogP contribution in [-0.2, 0) is 4.79 Å². The maximum Gasteiger partial charge on any atom is 0.262 e. The van der Waals surface area contributed by atoms with Gasteiger partial charge in [-0.05, 0) is 36.4 Å². The number of nitrogens with one attached hydrogen (secondary N) is 2. The van der Waals surface area contributed by atoms with Crippen LogP contribution in [0.5, 0.6) is 11.5 Å². The highest BCUT2D eigenvalue weighted by molar-refractivity contribution is 6.37. The second kappa shape index (κ2) is 8.03. The molecule has 1 aliphatic rings. The molecule has 11 heteroatoms. The lowest BCUT2D eigenvalue weighted by molar-refractivity contribution is -0.114. The van der Waals surface area contributed by atoms with Gasteiger partial charge in [0.25, 0.3) is 17.4 Å². The van der Waals surface area contributed by atoms with Crippen molar-refractivity contribution in [3.63, 3.8) is 0 Å². The molecule has 0 aliphatic carbocycles. The van der Waals surface area contributed by atoms with Gasteiger partial charge in [-0.3, -0.25) is 29.1 Å². The Balaban J connectivity index is 1.71. The molecule has 0 atom stereocenters. The average molecular weight is 473 g/mol. The highest BCUT2D eigenvalue weighted by Gasteiger charge is 2.32. The second-order valence-electron chi connectivity index (χ2n) is 6.82. The molecular weight excluding hydrogens is 459 g/mol. The molecule has 1 aliphatic heterocycles. The number of nitrogens with zero attached hydrogens (tertiary/aromatic N) is 1. The van der Waals surface area contributed by atoms with Gasteiger partial charge in [0.2, 0.25) is 5.91 Å². The first-order chi connectivity index (χ1) is 15.2. The van der Waals surface area contributed by atoms with Gasteiger partial charge < -0.3 is 15.8 Å². The Bertz CT molecular complexity index is 1340. The molecule has 4 rings (SSSR count). The molecule has 0 saturated heterocycles. The molecule has 2 aromatic carbocycles. The van der Waals surface area contributed by atoms with Gasteiger partial charge in [0.05, 0.1) is 26.9 Å². The summed E-state index contributed by atoms with van der Waals surface area (Å²) in [6.07, 6.45) is 0. The molecule has 4 N–H and O–H groups in total. The first-order valence-electron chi connectivity index (χ1n) is 9.12. The number of nitrogen functional groups attached to an aromatic ring is 1. The Hall–Kier alpha value is -3.82. The van der Waals surface area contributed by atoms with E-state index in [0.717, 1.165) is 10.6 Å². The quantitative estimate of drug-likeness (QED) is 0.498. The third-order valence-corrected chi connectivity index (χ3v) is 5.15. The van der Waals surface area contributed by atoms with Gasteiger partial charge in [0.15, 0.2) is 5.75 Å². The molecule has 0 spiro atoms. The minimum absolute atomic E-state index is 0.0748. The Kier molecular flexibility index (Phi) is 5.37. The van der Waals surface area contributed by atoms with E-state index in [1.807, 2.05) is 0 Å². The van der Waals surface area contributed by atoms with E-state index in [9.17, 15) is 19.2 Å². The summed E-state index contributed by atoms with van der Waals surface area (Å²) in [5.41, 5.74) is 5.98. The standard InChI is InChI=1S/C21H14Cl2N4O5/c1-9(28)25-10-2-4-12(5-3-10)32-18-14(22)6-11(7-15(18)23)27-16(29)8-13-17(19(27)24)21(31)26-20(13)30/h2-8H,24H2,1H3,(H,25,28)(H,26,30,31). The Morgan fingerprint density at radius 1 is 1.03 bits per heavy atom. The summed E-state index contributed by atoms with van der Waals surface area (Å²) in [5.74, 6) is -1.28. The van der Waals surface area contributed by atoms with Crippen LogP contribution in [0, 0.1) is 0 Å². The van der Waals surface area contributed by atoms with Crippen molar-refractivity contribution >= 4 is 52.4 Å². The number of rotatable bonds is 4. The van der Waals surface area contributed by atoms with Gasteiger partial charge in [0, 0.05) is 18.7 Å². The highest BCUT2D eigenvalue weighted by Crippen LogP contribution is 2.39. The number of halogens is 2. The van der Waals surface area contributed by atoms with Crippen LogP contribution in [0.25, 0.3) is 5.69 Å². The van der Waals surface area contributed by atoms with Gasteiger partial charge in [-0.15, -0.1) is 0 Å². The maximum absolute atomic E-state index is 12.6. The lowest BCUT2D eigenvalue weighted by atomic mass is 10.1. The van der Waals surface area contributed by atoms with Gasteiger partial charge in [-0.1, -0.05) is 23.2 Å². The molecule has 1 aromatic heterocycles. The molecule has 32 heavy (non-hydrogen) atoms. The first-order valence-corrected chi connectivity index (χ1v) is 9.87. The van der Waals surface area contributed by atoms with Crippen molar-refractivity contribution in [1.29, 1.82) is 0 Å². The first kappa shape index (κ1) is 21.4. The normalized spacial score (nSPS) is 12.3. The molecule has 0 saturated carbocycles. The smallest absolute Gasteiger partial charge is 0.262 e. The van der Waals surface area contributed by atoms with Gasteiger partial charge >= 0.3 is 0 Å². The average Bonchev–Trinajstić information content (AvgIpc) is 2.99. The van der Waals surface area contributed by atoms with Crippen LogP contribution < -0.4 is 26.7 Å². The van der Waals surface area contributed by atoms with Crippen molar-refractivity contribution < 1.29 is 19.1 Å². The van der Waals surface area contributed by atoms with E-state index >= 15 is 0 Å². The molecule has 0 fully saturated rings. The van der Waals surface area contributed by atoms with Gasteiger partial charge in [-0.2, -0.15) is 0 Å². The number of aromatic nitrogens is 1. The Morgan fingerprint density at radius 3 is 2.25 bits per heavy atom. The lowest BCUT2D eigenvalue weighted by Crippen LogP contribution is -2.24. The topological polar surface area (TPSA) is 133 Å². The van der Waals surface area contributed by atoms with Crippen LogP contribution in [0.3, 0.4) is 0 Å². The number of carbonyl (C=O) groups excluding carboxylic acids is 3. The predicted octanol–water partition coefficient (Wildman–Crippen LogP) is 3.36. The van der Waals surface area contributed by atoms with E-state index in [0.29, 0.717) is 11.4 Å². The molecule has 0 bridgehead atoms. The number of imide groups is 1. The fourth-order valence-electron chi connectivity index (χ4n) is 3.25. The predicted molar refractivity (Wildman–Crippen MR) is 119 cm³/mol. The monoisotopic (exact) mass is 472 g/mol. The summed E-state index contributed by atoms with van der Waals surface area (Å²) >= 11 is 12.7. The van der Waals surface area contributed by atoms with Crippen LogP contribution in [0.15, 0.2) is 47.3 Å². The summed E-state index contributed by atoms with van der Waals surface area (Å²) in [5, 5.41) is 4.88. The van der Waals surface area contributed by atoms with Crippen molar-refractivity contribution in [2.45, 2.75) is 6.92 Å². The van der Waals surface area contributed by atoms with Crippen molar-refractivity contribution in [3.05, 3.63) is 74.0 Å². The number of carbonyl (C=O) groups is 3. The van der Waals surface area contributed by atoms with Crippen LogP contribution in [0.4, 0.5) is 11.5 Å². The third kappa shape index (κ3) is 3.79. The summed E-state index contributed by atoms with van der Waals surface area (Å²) in [7, 11) is 0. The molecule has 0 radical (unpaired) electrons. The molecular formula is C21H14Cl2N4O5. The van der Waals surface area contributed by atoms with Crippen LogP contribution in [0.1, 0.15) is 27.6 Å². The highest BCUT2D eigenvalue weighted by atomic mass is 35.5. The summed E-state index contributed by atoms with van der Waals surface area (Å²) in [6, 6.07) is 10.3. The minimum atomic E-state index is -0.698. The van der Waals surface area contributed by atoms with Gasteiger partial charge in [-0.25, -0.2) is 0 Å². The third-order valence-electron chi connectivity index (χ3n) is 4.59. The number of fused-ring (bicyclic) bond motifs is 1. The summed E-state index contributed by atoms with van der Waals surface area (Å²) in [4.78, 5) is 47.6. The summed E-state index contributed by atoms with van der Waals surface area (Å²) in [6.45, 7) is 1.40. The molecule has 3 aromatic rings. The molecule has 162 valence electrons. The van der Waals surface area contributed by atoms with Crippen LogP contribution >= 0.6 is 23.2 Å². The Morgan fingerprint density at radius 2 is 1.66 bits per heavy atom. The summed E-state index contributed by atoms with van der Waals surface area (Å²) < 4.78 is 6.78. The molecule has 3 amide bonds. The van der Waals surface area contributed by atoms with E-state index in [4.69, 9.17) is 33.7 Å². The van der Waals surface area contributed by atoms with Crippen molar-refractivity contribution in [3.8, 4) is 17.2 Å². The van der Waals surface area contributed by atoms with E-state index in [-0.39, 0.29) is 44.3 Å². The SMILES string of the molecule is CC(=O)Nc1ccc(Oc2c(Cl)cc(-n3c(N)c4c(cc3=O)C(=O)NC4=O)cc2Cl)cc1. The number of nitrogens with two attached hydrogens (primary N) is 1. The fourth-order valence-corrected chi connectivity index (χ4v) is 3.80. The van der Waals surface area contributed by atoms with Gasteiger partial charge in [0.1, 0.15) is 11.6 Å². The number of ether oxygens (including phenoxy) is 1. The largest absolute Gasteiger partial charge is 0.454 e.